The van der Waals surface area contributed by atoms with Gasteiger partial charge in [0.05, 0.1) is 5.41 Å². The van der Waals surface area contributed by atoms with Crippen LogP contribution in [0.15, 0.2) is 0 Å². The number of halogens is 9. The molecule has 0 aromatic heterocycles. The second kappa shape index (κ2) is 8.47. The highest BCUT2D eigenvalue weighted by Gasteiger charge is 2.72. The Morgan fingerprint density at radius 2 is 1.15 bits per heavy atom. The third kappa shape index (κ3) is 4.39. The first-order valence-electron chi connectivity index (χ1n) is 11.8. The number of fused-ring (bicyclic) bond motifs is 9. The van der Waals surface area contributed by atoms with E-state index in [2.05, 4.69) is 0 Å². The molecule has 0 aliphatic heterocycles. The number of hydrogen-bond donors (Lipinski definition) is 1. The van der Waals surface area contributed by atoms with Gasteiger partial charge in [0.25, 0.3) is 5.60 Å². The van der Waals surface area contributed by atoms with Crippen molar-refractivity contribution in [3.8, 4) is 0 Å². The summed E-state index contributed by atoms with van der Waals surface area (Å²) in [7, 11) is 0. The molecule has 0 radical (unpaired) electrons. The number of hydrogen-bond acceptors (Lipinski definition) is 1. The first-order valence-corrected chi connectivity index (χ1v) is 11.8. The predicted octanol–water partition coefficient (Wildman–Crippen LogP) is 7.93. The van der Waals surface area contributed by atoms with Crippen LogP contribution in [-0.4, -0.2) is 29.2 Å². The lowest BCUT2D eigenvalue weighted by atomic mass is 9.65. The van der Waals surface area contributed by atoms with Gasteiger partial charge in [-0.05, 0) is 92.8 Å². The van der Waals surface area contributed by atoms with E-state index >= 15 is 0 Å². The zero-order valence-corrected chi connectivity index (χ0v) is 19.0. The largest absolute Gasteiger partial charge is 0.426 e. The fourth-order valence-electron chi connectivity index (χ4n) is 7.36. The van der Waals surface area contributed by atoms with E-state index in [-0.39, 0.29) is 24.7 Å². The SMILES string of the molecule is CCC(C)(CC)C(F)(F)F.OC(CC1CC2CC1C1C3CCC(C3)C21)(C(F)(F)F)C(F)(F)F. The fraction of sp³-hybridized carbons (Fsp3) is 1.00. The molecule has 0 heterocycles. The molecule has 33 heavy (non-hydrogen) atoms. The summed E-state index contributed by atoms with van der Waals surface area (Å²) < 4.78 is 114. The third-order valence-electron chi connectivity index (χ3n) is 9.61. The first kappa shape index (κ1) is 26.9. The molecule has 1 nitrogen and oxygen atoms in total. The Morgan fingerprint density at radius 3 is 1.55 bits per heavy atom. The summed E-state index contributed by atoms with van der Waals surface area (Å²) in [5.41, 5.74) is -6.05. The van der Waals surface area contributed by atoms with Crippen LogP contribution in [0.4, 0.5) is 39.5 Å². The first-order chi connectivity index (χ1) is 14.9. The van der Waals surface area contributed by atoms with E-state index in [1.807, 2.05) is 0 Å². The summed E-state index contributed by atoms with van der Waals surface area (Å²) in [5, 5.41) is 9.50. The van der Waals surface area contributed by atoms with E-state index in [4.69, 9.17) is 0 Å². The average Bonchev–Trinajstić information content (AvgIpc) is 3.44. The fourth-order valence-corrected chi connectivity index (χ4v) is 7.36. The molecule has 0 aromatic rings. The van der Waals surface area contributed by atoms with Crippen molar-refractivity contribution in [3.05, 3.63) is 0 Å². The van der Waals surface area contributed by atoms with Gasteiger partial charge in [-0.25, -0.2) is 0 Å². The quantitative estimate of drug-likeness (QED) is 0.310. The standard InChI is InChI=1S/C16H20F6O.C7H13F3/c17-15(18,19)14(23,16(20,21)22)6-10-4-9-5-11(10)13-8-2-1-7(3-8)12(9)13;1-4-6(3,5-2)7(8,9)10/h7-13,23H,1-6H2;4-5H2,1-3H3. The Bertz CT molecular complexity index is 678. The minimum absolute atomic E-state index is 0.0588. The minimum atomic E-state index is -5.68. The molecule has 194 valence electrons. The van der Waals surface area contributed by atoms with Gasteiger partial charge in [0.15, 0.2) is 0 Å². The van der Waals surface area contributed by atoms with Gasteiger partial charge in [0.2, 0.25) is 0 Å². The molecule has 7 atom stereocenters. The maximum Gasteiger partial charge on any atom is 0.426 e. The molecule has 4 aliphatic carbocycles. The van der Waals surface area contributed by atoms with Crippen LogP contribution in [0.1, 0.15) is 72.1 Å². The van der Waals surface area contributed by atoms with Gasteiger partial charge in [-0.15, -0.1) is 0 Å². The van der Waals surface area contributed by atoms with Gasteiger partial charge in [-0.2, -0.15) is 39.5 Å². The van der Waals surface area contributed by atoms with Crippen LogP contribution < -0.4 is 0 Å². The molecule has 0 saturated heterocycles. The molecular weight excluding hydrogens is 463 g/mol. The molecule has 4 saturated carbocycles. The molecule has 4 bridgehead atoms. The number of aliphatic hydroxyl groups is 1. The normalized spacial score (nSPS) is 36.1. The molecular formula is C23H33F9O. The van der Waals surface area contributed by atoms with Crippen molar-refractivity contribution >= 4 is 0 Å². The van der Waals surface area contributed by atoms with Crippen LogP contribution in [0.2, 0.25) is 0 Å². The van der Waals surface area contributed by atoms with Gasteiger partial charge < -0.3 is 5.11 Å². The van der Waals surface area contributed by atoms with Gasteiger partial charge in [-0.1, -0.05) is 20.8 Å². The van der Waals surface area contributed by atoms with Crippen molar-refractivity contribution in [2.24, 2.45) is 46.8 Å². The summed E-state index contributed by atoms with van der Waals surface area (Å²) in [6.45, 7) is 4.39. The van der Waals surface area contributed by atoms with Crippen molar-refractivity contribution in [2.75, 3.05) is 0 Å². The molecule has 10 heteroatoms. The Kier molecular flexibility index (Phi) is 6.91. The minimum Gasteiger partial charge on any atom is -0.374 e. The Morgan fingerprint density at radius 1 is 0.667 bits per heavy atom. The van der Waals surface area contributed by atoms with Crippen LogP contribution in [0.3, 0.4) is 0 Å². The molecule has 4 fully saturated rings. The molecule has 0 amide bonds. The van der Waals surface area contributed by atoms with E-state index in [0.29, 0.717) is 30.1 Å². The van der Waals surface area contributed by atoms with E-state index < -0.39 is 41.9 Å². The highest BCUT2D eigenvalue weighted by atomic mass is 19.4. The van der Waals surface area contributed by atoms with Crippen molar-refractivity contribution in [3.63, 3.8) is 0 Å². The average molecular weight is 496 g/mol. The maximum absolute atomic E-state index is 12.9. The molecule has 1 N–H and O–H groups in total. The topological polar surface area (TPSA) is 20.2 Å². The van der Waals surface area contributed by atoms with Crippen LogP contribution in [0.5, 0.6) is 0 Å². The highest BCUT2D eigenvalue weighted by Crippen LogP contribution is 2.70. The van der Waals surface area contributed by atoms with Crippen molar-refractivity contribution in [1.29, 1.82) is 0 Å². The number of rotatable bonds is 4. The van der Waals surface area contributed by atoms with E-state index in [0.717, 1.165) is 19.3 Å². The van der Waals surface area contributed by atoms with E-state index in [9.17, 15) is 44.6 Å². The Labute approximate surface area is 188 Å². The molecule has 4 rings (SSSR count). The van der Waals surface area contributed by atoms with Gasteiger partial charge in [0.1, 0.15) is 0 Å². The number of alkyl halides is 9. The summed E-state index contributed by atoms with van der Waals surface area (Å²) >= 11 is 0. The molecule has 4 aliphatic rings. The monoisotopic (exact) mass is 496 g/mol. The Hall–Kier alpha value is -0.670. The summed E-state index contributed by atoms with van der Waals surface area (Å²) in [5.74, 6) is 1.53. The van der Waals surface area contributed by atoms with E-state index in [1.54, 1.807) is 13.8 Å². The van der Waals surface area contributed by atoms with Gasteiger partial charge in [-0.3, -0.25) is 0 Å². The van der Waals surface area contributed by atoms with E-state index in [1.165, 1.54) is 13.3 Å². The maximum atomic E-state index is 12.9. The van der Waals surface area contributed by atoms with Crippen LogP contribution in [0.25, 0.3) is 0 Å². The van der Waals surface area contributed by atoms with Crippen LogP contribution in [-0.2, 0) is 0 Å². The van der Waals surface area contributed by atoms with Crippen molar-refractivity contribution < 1.29 is 44.6 Å². The summed E-state index contributed by atoms with van der Waals surface area (Å²) in [6.07, 6.45) is -11.8. The predicted molar refractivity (Wildman–Crippen MR) is 104 cm³/mol. The smallest absolute Gasteiger partial charge is 0.374 e. The summed E-state index contributed by atoms with van der Waals surface area (Å²) in [4.78, 5) is 0. The lowest BCUT2D eigenvalue weighted by molar-refractivity contribution is -0.373. The zero-order valence-electron chi connectivity index (χ0n) is 19.0. The summed E-state index contributed by atoms with van der Waals surface area (Å²) in [6, 6.07) is 0. The molecule has 7 unspecified atom stereocenters. The highest BCUT2D eigenvalue weighted by molar-refractivity contribution is 5.12. The van der Waals surface area contributed by atoms with Crippen molar-refractivity contribution in [1.82, 2.24) is 0 Å². The molecule has 0 spiro atoms. The van der Waals surface area contributed by atoms with Crippen LogP contribution in [0, 0.1) is 46.8 Å². The second-order valence-corrected chi connectivity index (χ2v) is 11.0. The lowest BCUT2D eigenvalue weighted by Gasteiger charge is -2.42. The van der Waals surface area contributed by atoms with Crippen LogP contribution >= 0.6 is 0 Å². The zero-order chi connectivity index (χ0) is 25.2. The Balaban J connectivity index is 0.000000262. The second-order valence-electron chi connectivity index (χ2n) is 11.0. The lowest BCUT2D eigenvalue weighted by Crippen LogP contribution is -2.58. The molecule has 0 aromatic carbocycles. The van der Waals surface area contributed by atoms with Crippen molar-refractivity contribution in [2.45, 2.75) is 96.3 Å². The third-order valence-corrected chi connectivity index (χ3v) is 9.61. The van der Waals surface area contributed by atoms with Gasteiger partial charge in [0, 0.05) is 0 Å². The van der Waals surface area contributed by atoms with Gasteiger partial charge >= 0.3 is 18.5 Å².